The molecule has 0 unspecified atom stereocenters. The molecule has 1 N–H and O–H groups in total. The van der Waals surface area contributed by atoms with Crippen LogP contribution >= 0.6 is 0 Å². The third-order valence-electron chi connectivity index (χ3n) is 4.12. The van der Waals surface area contributed by atoms with Crippen molar-refractivity contribution in [1.82, 2.24) is 19.9 Å². The molecule has 1 amide bonds. The third kappa shape index (κ3) is 4.05. The number of methoxy groups -OCH3 is 1. The second-order valence-electron chi connectivity index (χ2n) is 5.73. The van der Waals surface area contributed by atoms with Gasteiger partial charge < -0.3 is 15.0 Å². The molecule has 0 spiro atoms. The van der Waals surface area contributed by atoms with Crippen molar-refractivity contribution >= 4 is 17.7 Å². The molecule has 7 heteroatoms. The Kier molecular flexibility index (Phi) is 5.32. The smallest absolute Gasteiger partial charge is 0.248 e. The van der Waals surface area contributed by atoms with Gasteiger partial charge in [-0.1, -0.05) is 6.07 Å². The molecule has 0 aliphatic carbocycles. The number of amides is 1. The molecule has 2 aromatic heterocycles. The molecular weight excluding hydrogens is 306 g/mol. The number of hydrogen-bond donors (Lipinski definition) is 1. The lowest BCUT2D eigenvalue weighted by Gasteiger charge is -2.31. The van der Waals surface area contributed by atoms with Crippen LogP contribution in [0, 0.1) is 0 Å². The fourth-order valence-electron chi connectivity index (χ4n) is 2.85. The van der Waals surface area contributed by atoms with E-state index >= 15 is 0 Å². The van der Waals surface area contributed by atoms with Gasteiger partial charge in [0.25, 0.3) is 0 Å². The van der Waals surface area contributed by atoms with E-state index in [0.29, 0.717) is 11.9 Å². The summed E-state index contributed by atoms with van der Waals surface area (Å²) in [4.78, 5) is 26.8. The van der Waals surface area contributed by atoms with Gasteiger partial charge in [-0.15, -0.1) is 0 Å². The molecule has 3 rings (SSSR count). The molecule has 1 aliphatic rings. The second kappa shape index (κ2) is 7.83. The maximum atomic E-state index is 11.9. The van der Waals surface area contributed by atoms with E-state index in [-0.39, 0.29) is 12.5 Å². The SMILES string of the molecule is COCC(=O)N1CCC(c2ccnc(Nc3ccccn3)n2)CC1. The van der Waals surface area contributed by atoms with Crippen molar-refractivity contribution in [3.8, 4) is 0 Å². The van der Waals surface area contributed by atoms with E-state index in [2.05, 4.69) is 20.3 Å². The summed E-state index contributed by atoms with van der Waals surface area (Å²) in [6.45, 7) is 1.62. The summed E-state index contributed by atoms with van der Waals surface area (Å²) in [6, 6.07) is 7.59. The molecule has 126 valence electrons. The molecule has 0 radical (unpaired) electrons. The van der Waals surface area contributed by atoms with Crippen molar-refractivity contribution in [3.05, 3.63) is 42.4 Å². The van der Waals surface area contributed by atoms with Crippen LogP contribution in [0.3, 0.4) is 0 Å². The predicted molar refractivity (Wildman–Crippen MR) is 90.0 cm³/mol. The van der Waals surface area contributed by atoms with Crippen molar-refractivity contribution in [2.45, 2.75) is 18.8 Å². The van der Waals surface area contributed by atoms with Crippen LogP contribution < -0.4 is 5.32 Å². The summed E-state index contributed by atoms with van der Waals surface area (Å²) in [5.41, 5.74) is 1.00. The Balaban J connectivity index is 1.62. The largest absolute Gasteiger partial charge is 0.375 e. The second-order valence-corrected chi connectivity index (χ2v) is 5.73. The number of piperidine rings is 1. The summed E-state index contributed by atoms with van der Waals surface area (Å²) in [5, 5.41) is 3.11. The minimum Gasteiger partial charge on any atom is -0.375 e. The van der Waals surface area contributed by atoms with Crippen LogP contribution in [0.4, 0.5) is 11.8 Å². The molecule has 1 saturated heterocycles. The molecule has 2 aromatic rings. The van der Waals surface area contributed by atoms with Crippen molar-refractivity contribution in [3.63, 3.8) is 0 Å². The predicted octanol–water partition coefficient (Wildman–Crippen LogP) is 1.97. The van der Waals surface area contributed by atoms with Gasteiger partial charge in [0.2, 0.25) is 11.9 Å². The first-order chi connectivity index (χ1) is 11.8. The molecule has 0 bridgehead atoms. The van der Waals surface area contributed by atoms with Crippen LogP contribution in [-0.2, 0) is 9.53 Å². The number of ether oxygens (including phenoxy) is 1. The number of hydrogen-bond acceptors (Lipinski definition) is 6. The topological polar surface area (TPSA) is 80.2 Å². The maximum absolute atomic E-state index is 11.9. The zero-order valence-electron chi connectivity index (χ0n) is 13.7. The molecule has 0 atom stereocenters. The number of anilines is 2. The van der Waals surface area contributed by atoms with Gasteiger partial charge in [-0.05, 0) is 31.0 Å². The summed E-state index contributed by atoms with van der Waals surface area (Å²) in [6.07, 6.45) is 5.28. The van der Waals surface area contributed by atoms with E-state index in [4.69, 9.17) is 4.74 Å². The van der Waals surface area contributed by atoms with Gasteiger partial charge in [0, 0.05) is 44.2 Å². The number of likely N-dealkylation sites (tertiary alicyclic amines) is 1. The van der Waals surface area contributed by atoms with Crippen LogP contribution in [0.1, 0.15) is 24.5 Å². The van der Waals surface area contributed by atoms with Crippen LogP contribution in [0.5, 0.6) is 0 Å². The van der Waals surface area contributed by atoms with E-state index in [1.165, 1.54) is 0 Å². The molecule has 0 saturated carbocycles. The quantitative estimate of drug-likeness (QED) is 0.904. The van der Waals surface area contributed by atoms with E-state index < -0.39 is 0 Å². The highest BCUT2D eigenvalue weighted by molar-refractivity contribution is 5.77. The van der Waals surface area contributed by atoms with E-state index in [9.17, 15) is 4.79 Å². The van der Waals surface area contributed by atoms with Crippen molar-refractivity contribution in [2.24, 2.45) is 0 Å². The summed E-state index contributed by atoms with van der Waals surface area (Å²) < 4.78 is 4.91. The van der Waals surface area contributed by atoms with Crippen molar-refractivity contribution < 1.29 is 9.53 Å². The summed E-state index contributed by atoms with van der Waals surface area (Å²) in [7, 11) is 1.54. The Morgan fingerprint density at radius 2 is 2.08 bits per heavy atom. The van der Waals surface area contributed by atoms with Gasteiger partial charge in [0.1, 0.15) is 12.4 Å². The Morgan fingerprint density at radius 3 is 2.79 bits per heavy atom. The van der Waals surface area contributed by atoms with Gasteiger partial charge in [-0.2, -0.15) is 0 Å². The minimum atomic E-state index is 0.0520. The van der Waals surface area contributed by atoms with E-state index in [1.54, 1.807) is 19.5 Å². The van der Waals surface area contributed by atoms with Crippen molar-refractivity contribution in [2.75, 3.05) is 32.1 Å². The fraction of sp³-hybridized carbons (Fsp3) is 0.412. The van der Waals surface area contributed by atoms with E-state index in [0.717, 1.165) is 37.4 Å². The number of carbonyl (C=O) groups excluding carboxylic acids is 1. The monoisotopic (exact) mass is 327 g/mol. The van der Waals surface area contributed by atoms with Gasteiger partial charge in [0.05, 0.1) is 0 Å². The number of pyridine rings is 1. The van der Waals surface area contributed by atoms with Crippen LogP contribution in [0.2, 0.25) is 0 Å². The van der Waals surface area contributed by atoms with Gasteiger partial charge in [0.15, 0.2) is 0 Å². The molecule has 1 fully saturated rings. The van der Waals surface area contributed by atoms with Gasteiger partial charge in [-0.25, -0.2) is 15.0 Å². The first kappa shape index (κ1) is 16.3. The highest BCUT2D eigenvalue weighted by Gasteiger charge is 2.24. The first-order valence-electron chi connectivity index (χ1n) is 8.04. The highest BCUT2D eigenvalue weighted by atomic mass is 16.5. The maximum Gasteiger partial charge on any atom is 0.248 e. The lowest BCUT2D eigenvalue weighted by Crippen LogP contribution is -2.39. The van der Waals surface area contributed by atoms with Crippen LogP contribution in [0.15, 0.2) is 36.7 Å². The Bertz CT molecular complexity index is 672. The Labute approximate surface area is 141 Å². The molecular formula is C17H21N5O2. The Morgan fingerprint density at radius 1 is 1.25 bits per heavy atom. The standard InChI is InChI=1S/C17H21N5O2/c1-24-12-16(23)22-10-6-13(7-11-22)14-5-9-19-17(20-14)21-15-4-2-3-8-18-15/h2-5,8-9,13H,6-7,10-12H2,1H3,(H,18,19,20,21). The first-order valence-corrected chi connectivity index (χ1v) is 8.04. The van der Waals surface area contributed by atoms with Gasteiger partial charge >= 0.3 is 0 Å². The lowest BCUT2D eigenvalue weighted by atomic mass is 9.93. The average molecular weight is 327 g/mol. The number of rotatable bonds is 5. The Hall–Kier alpha value is -2.54. The average Bonchev–Trinajstić information content (AvgIpc) is 2.63. The van der Waals surface area contributed by atoms with Crippen molar-refractivity contribution in [1.29, 1.82) is 0 Å². The molecule has 3 heterocycles. The molecule has 1 aliphatic heterocycles. The number of nitrogens with one attached hydrogen (secondary N) is 1. The normalized spacial score (nSPS) is 15.3. The van der Waals surface area contributed by atoms with Crippen LogP contribution in [-0.4, -0.2) is 52.6 Å². The van der Waals surface area contributed by atoms with E-state index in [1.807, 2.05) is 29.2 Å². The zero-order valence-corrected chi connectivity index (χ0v) is 13.7. The molecule has 7 nitrogen and oxygen atoms in total. The molecule has 24 heavy (non-hydrogen) atoms. The summed E-state index contributed by atoms with van der Waals surface area (Å²) >= 11 is 0. The van der Waals surface area contributed by atoms with Crippen LogP contribution in [0.25, 0.3) is 0 Å². The third-order valence-corrected chi connectivity index (χ3v) is 4.12. The lowest BCUT2D eigenvalue weighted by molar-refractivity contribution is -0.136. The number of aromatic nitrogens is 3. The van der Waals surface area contributed by atoms with Gasteiger partial charge in [-0.3, -0.25) is 4.79 Å². The number of carbonyl (C=O) groups is 1. The molecule has 0 aromatic carbocycles. The zero-order chi connectivity index (χ0) is 16.8. The summed E-state index contributed by atoms with van der Waals surface area (Å²) in [5.74, 6) is 1.65. The minimum absolute atomic E-state index is 0.0520. The number of nitrogens with zero attached hydrogens (tertiary/aromatic N) is 4. The fourth-order valence-corrected chi connectivity index (χ4v) is 2.85. The highest BCUT2D eigenvalue weighted by Crippen LogP contribution is 2.27.